The minimum atomic E-state index is -1.01. The molecule has 13 heavy (non-hydrogen) atoms. The van der Waals surface area contributed by atoms with Gasteiger partial charge in [-0.2, -0.15) is 5.26 Å². The van der Waals surface area contributed by atoms with Crippen molar-refractivity contribution in [3.05, 3.63) is 24.3 Å². The first kappa shape index (κ1) is 8.93. The average Bonchev–Trinajstić information content (AvgIpc) is 2.52. The number of carbonyl (C=O) groups is 1. The molecule has 0 aliphatic heterocycles. The molecule has 1 heterocycles. The second kappa shape index (κ2) is 4.01. The average molecular weight is 178 g/mol. The van der Waals surface area contributed by atoms with Crippen molar-refractivity contribution >= 4 is 5.97 Å². The lowest BCUT2D eigenvalue weighted by molar-refractivity contribution is -0.131. The highest BCUT2D eigenvalue weighted by atomic mass is 16.4. The monoisotopic (exact) mass is 178 g/mol. The van der Waals surface area contributed by atoms with E-state index >= 15 is 0 Å². The molecule has 0 unspecified atom stereocenters. The molecule has 0 amide bonds. The molecule has 1 aromatic rings. The normalized spacial score (nSPS) is 10.1. The van der Waals surface area contributed by atoms with Gasteiger partial charge >= 0.3 is 5.97 Å². The van der Waals surface area contributed by atoms with Gasteiger partial charge in [-0.1, -0.05) is 6.08 Å². The summed E-state index contributed by atoms with van der Waals surface area (Å²) >= 11 is 0. The first-order chi connectivity index (χ1) is 6.22. The number of hydrogen-bond donors (Lipinski definition) is 1. The van der Waals surface area contributed by atoms with Crippen LogP contribution in [0.4, 0.5) is 0 Å². The van der Waals surface area contributed by atoms with Crippen LogP contribution in [0.2, 0.25) is 0 Å². The zero-order chi connectivity index (χ0) is 9.68. The van der Waals surface area contributed by atoms with Gasteiger partial charge in [0.05, 0.1) is 6.54 Å². The Morgan fingerprint density at radius 2 is 2.62 bits per heavy atom. The highest BCUT2D eigenvalue weighted by Crippen LogP contribution is 1.87. The summed E-state index contributed by atoms with van der Waals surface area (Å²) in [7, 11) is 0. The Balaban J connectivity index is 2.56. The molecule has 1 N–H and O–H groups in total. The largest absolute Gasteiger partial charge is 0.478 e. The van der Waals surface area contributed by atoms with E-state index in [2.05, 4.69) is 10.1 Å². The fourth-order valence-electron chi connectivity index (χ4n) is 0.695. The number of allylic oxidation sites excluding steroid dienone is 1. The van der Waals surface area contributed by atoms with E-state index in [4.69, 9.17) is 10.4 Å². The van der Waals surface area contributed by atoms with E-state index in [1.807, 2.05) is 0 Å². The molecule has 0 aliphatic carbocycles. The van der Waals surface area contributed by atoms with Gasteiger partial charge in [-0.3, -0.25) is 0 Å². The Bertz CT molecular complexity index is 374. The highest BCUT2D eigenvalue weighted by molar-refractivity contribution is 5.79. The van der Waals surface area contributed by atoms with Crippen molar-refractivity contribution in [3.8, 4) is 6.07 Å². The molecule has 0 spiro atoms. The van der Waals surface area contributed by atoms with Crippen molar-refractivity contribution in [1.82, 2.24) is 14.8 Å². The number of carboxylic acid groups (broad SMARTS) is 1. The number of aromatic nitrogens is 3. The smallest absolute Gasteiger partial charge is 0.328 e. The van der Waals surface area contributed by atoms with Crippen LogP contribution in [0, 0.1) is 11.3 Å². The molecule has 6 nitrogen and oxygen atoms in total. The number of hydrogen-bond acceptors (Lipinski definition) is 4. The van der Waals surface area contributed by atoms with Gasteiger partial charge in [0.15, 0.2) is 0 Å². The maximum absolute atomic E-state index is 10.1. The van der Waals surface area contributed by atoms with E-state index in [-0.39, 0.29) is 5.82 Å². The minimum absolute atomic E-state index is 0.0729. The summed E-state index contributed by atoms with van der Waals surface area (Å²) < 4.78 is 1.37. The number of aliphatic carboxylic acids is 1. The Labute approximate surface area is 73.7 Å². The minimum Gasteiger partial charge on any atom is -0.478 e. The van der Waals surface area contributed by atoms with Crippen LogP contribution in [-0.2, 0) is 11.3 Å². The second-order valence-electron chi connectivity index (χ2n) is 2.14. The third kappa shape index (κ3) is 2.75. The Kier molecular flexibility index (Phi) is 2.76. The van der Waals surface area contributed by atoms with Gasteiger partial charge in [-0.15, -0.1) is 5.10 Å². The van der Waals surface area contributed by atoms with Crippen LogP contribution < -0.4 is 0 Å². The van der Waals surface area contributed by atoms with Crippen molar-refractivity contribution in [2.45, 2.75) is 6.54 Å². The maximum atomic E-state index is 10.1. The molecule has 66 valence electrons. The van der Waals surface area contributed by atoms with Crippen LogP contribution in [0.1, 0.15) is 5.82 Å². The lowest BCUT2D eigenvalue weighted by atomic mass is 10.5. The molecular weight excluding hydrogens is 172 g/mol. The van der Waals surface area contributed by atoms with Gasteiger partial charge < -0.3 is 5.11 Å². The van der Waals surface area contributed by atoms with E-state index in [1.54, 1.807) is 6.07 Å². The molecule has 1 rings (SSSR count). The SMILES string of the molecule is N#Cc1ncn(C/C=C/C(=O)O)n1. The first-order valence-corrected chi connectivity index (χ1v) is 3.41. The van der Waals surface area contributed by atoms with E-state index < -0.39 is 5.97 Å². The lowest BCUT2D eigenvalue weighted by Gasteiger charge is -1.89. The van der Waals surface area contributed by atoms with Gasteiger partial charge in [-0.05, 0) is 0 Å². The third-order valence-corrected chi connectivity index (χ3v) is 1.19. The summed E-state index contributed by atoms with van der Waals surface area (Å²) in [4.78, 5) is 13.7. The summed E-state index contributed by atoms with van der Waals surface area (Å²) in [6.07, 6.45) is 3.79. The van der Waals surface area contributed by atoms with Crippen LogP contribution in [0.15, 0.2) is 18.5 Å². The Morgan fingerprint density at radius 3 is 3.15 bits per heavy atom. The molecule has 1 aromatic heterocycles. The van der Waals surface area contributed by atoms with E-state index in [0.717, 1.165) is 6.08 Å². The maximum Gasteiger partial charge on any atom is 0.328 e. The van der Waals surface area contributed by atoms with Crippen LogP contribution in [0.5, 0.6) is 0 Å². The zero-order valence-electron chi connectivity index (χ0n) is 6.58. The van der Waals surface area contributed by atoms with Gasteiger partial charge in [0.2, 0.25) is 0 Å². The van der Waals surface area contributed by atoms with Crippen molar-refractivity contribution < 1.29 is 9.90 Å². The zero-order valence-corrected chi connectivity index (χ0v) is 6.58. The van der Waals surface area contributed by atoms with Gasteiger partial charge in [-0.25, -0.2) is 14.5 Å². The molecule has 6 heteroatoms. The quantitative estimate of drug-likeness (QED) is 0.646. The van der Waals surface area contributed by atoms with Crippen molar-refractivity contribution in [3.63, 3.8) is 0 Å². The molecule has 0 fully saturated rings. The third-order valence-electron chi connectivity index (χ3n) is 1.19. The predicted octanol–water partition coefficient (Wildman–Crippen LogP) is -0.209. The summed E-state index contributed by atoms with van der Waals surface area (Å²) in [6, 6.07) is 1.76. The van der Waals surface area contributed by atoms with Gasteiger partial charge in [0, 0.05) is 6.08 Å². The number of rotatable bonds is 3. The molecule has 0 radical (unpaired) electrons. The number of carboxylic acids is 1. The van der Waals surface area contributed by atoms with Crippen LogP contribution in [-0.4, -0.2) is 25.8 Å². The molecule has 0 saturated heterocycles. The van der Waals surface area contributed by atoms with Gasteiger partial charge in [0.1, 0.15) is 12.4 Å². The molecule has 0 bridgehead atoms. The Morgan fingerprint density at radius 1 is 1.85 bits per heavy atom. The molecule has 0 saturated carbocycles. The van der Waals surface area contributed by atoms with E-state index in [0.29, 0.717) is 6.54 Å². The summed E-state index contributed by atoms with van der Waals surface area (Å²) in [5.41, 5.74) is 0. The van der Waals surface area contributed by atoms with Crippen LogP contribution in [0.25, 0.3) is 0 Å². The van der Waals surface area contributed by atoms with Crippen LogP contribution in [0.3, 0.4) is 0 Å². The topological polar surface area (TPSA) is 91.8 Å². The lowest BCUT2D eigenvalue weighted by Crippen LogP contribution is -1.97. The summed E-state index contributed by atoms with van der Waals surface area (Å²) in [6.45, 7) is 0.293. The molecule has 0 atom stereocenters. The first-order valence-electron chi connectivity index (χ1n) is 3.41. The van der Waals surface area contributed by atoms with Crippen molar-refractivity contribution in [2.24, 2.45) is 0 Å². The predicted molar refractivity (Wildman–Crippen MR) is 41.5 cm³/mol. The summed E-state index contributed by atoms with van der Waals surface area (Å²) in [5, 5.41) is 20.3. The van der Waals surface area contributed by atoms with Gasteiger partial charge in [0.25, 0.3) is 5.82 Å². The highest BCUT2D eigenvalue weighted by Gasteiger charge is 1.95. The fraction of sp³-hybridized carbons (Fsp3) is 0.143. The molecule has 0 aliphatic rings. The fourth-order valence-corrected chi connectivity index (χ4v) is 0.695. The standard InChI is InChI=1S/C7H6N4O2/c8-4-6-9-5-11(10-6)3-1-2-7(12)13/h1-2,5H,3H2,(H,12,13)/b2-1+. The Hall–Kier alpha value is -2.16. The second-order valence-corrected chi connectivity index (χ2v) is 2.14. The molecular formula is C7H6N4O2. The van der Waals surface area contributed by atoms with Crippen molar-refractivity contribution in [1.29, 1.82) is 5.26 Å². The van der Waals surface area contributed by atoms with Crippen LogP contribution >= 0.6 is 0 Å². The molecule has 0 aromatic carbocycles. The number of nitrogens with zero attached hydrogens (tertiary/aromatic N) is 4. The van der Waals surface area contributed by atoms with E-state index in [1.165, 1.54) is 17.1 Å². The summed E-state index contributed by atoms with van der Waals surface area (Å²) in [5.74, 6) is -0.940. The van der Waals surface area contributed by atoms with E-state index in [9.17, 15) is 4.79 Å². The van der Waals surface area contributed by atoms with Crippen molar-refractivity contribution in [2.75, 3.05) is 0 Å². The number of nitriles is 1.